The van der Waals surface area contributed by atoms with E-state index in [0.717, 1.165) is 6.42 Å². The van der Waals surface area contributed by atoms with Gasteiger partial charge in [-0.1, -0.05) is 12.8 Å². The van der Waals surface area contributed by atoms with Crippen molar-refractivity contribution in [2.24, 2.45) is 5.73 Å². The second kappa shape index (κ2) is 4.75. The molecule has 3 heteroatoms. The molecule has 0 fully saturated rings. The van der Waals surface area contributed by atoms with Crippen LogP contribution in [0.1, 0.15) is 20.3 Å². The first-order chi connectivity index (χ1) is 5.11. The van der Waals surface area contributed by atoms with E-state index in [9.17, 15) is 4.79 Å². The zero-order valence-corrected chi connectivity index (χ0v) is 6.92. The Morgan fingerprint density at radius 1 is 1.82 bits per heavy atom. The van der Waals surface area contributed by atoms with E-state index in [1.807, 2.05) is 6.92 Å². The van der Waals surface area contributed by atoms with Gasteiger partial charge in [-0.05, 0) is 13.3 Å². The second-order valence-electron chi connectivity index (χ2n) is 2.42. The van der Waals surface area contributed by atoms with Crippen molar-refractivity contribution in [3.63, 3.8) is 0 Å². The largest absolute Gasteiger partial charge is 0.368 e. The Bertz CT molecular complexity index is 171. The molecule has 0 aliphatic carbocycles. The molecule has 0 saturated heterocycles. The summed E-state index contributed by atoms with van der Waals surface area (Å²) in [6.07, 6.45) is 5.97. The van der Waals surface area contributed by atoms with Gasteiger partial charge in [-0.3, -0.25) is 10.1 Å². The summed E-state index contributed by atoms with van der Waals surface area (Å²) in [5.74, 6) is 2.14. The van der Waals surface area contributed by atoms with E-state index < -0.39 is 0 Å². The van der Waals surface area contributed by atoms with E-state index in [-0.39, 0.29) is 18.0 Å². The van der Waals surface area contributed by atoms with E-state index in [1.54, 1.807) is 6.92 Å². The van der Waals surface area contributed by atoms with Crippen molar-refractivity contribution < 1.29 is 4.79 Å². The second-order valence-corrected chi connectivity index (χ2v) is 2.42. The lowest BCUT2D eigenvalue weighted by Crippen LogP contribution is -2.43. The predicted molar refractivity (Wildman–Crippen MR) is 44.7 cm³/mol. The maximum Gasteiger partial charge on any atom is 0.234 e. The number of rotatable bonds is 4. The molecule has 0 aliphatic heterocycles. The van der Waals surface area contributed by atoms with Crippen LogP contribution in [0.3, 0.4) is 0 Å². The fourth-order valence-corrected chi connectivity index (χ4v) is 0.668. The van der Waals surface area contributed by atoms with Gasteiger partial charge in [0.15, 0.2) is 0 Å². The number of nitrogens with one attached hydrogen (secondary N) is 1. The first kappa shape index (κ1) is 9.99. The zero-order chi connectivity index (χ0) is 8.85. The summed E-state index contributed by atoms with van der Waals surface area (Å²) < 4.78 is 0. The highest BCUT2D eigenvalue weighted by Gasteiger charge is 2.11. The molecule has 0 saturated carbocycles. The Morgan fingerprint density at radius 3 is 2.64 bits per heavy atom. The van der Waals surface area contributed by atoms with E-state index in [1.165, 1.54) is 0 Å². The van der Waals surface area contributed by atoms with Gasteiger partial charge in [0.2, 0.25) is 5.91 Å². The zero-order valence-electron chi connectivity index (χ0n) is 6.92. The number of terminal acetylenes is 1. The Morgan fingerprint density at radius 2 is 2.36 bits per heavy atom. The fraction of sp³-hybridized carbons (Fsp3) is 0.625. The summed E-state index contributed by atoms with van der Waals surface area (Å²) in [4.78, 5) is 10.6. The summed E-state index contributed by atoms with van der Waals surface area (Å²) in [7, 11) is 0. The van der Waals surface area contributed by atoms with Gasteiger partial charge in [-0.25, -0.2) is 0 Å². The van der Waals surface area contributed by atoms with Crippen molar-refractivity contribution in [2.45, 2.75) is 32.4 Å². The third kappa shape index (κ3) is 3.64. The highest BCUT2D eigenvalue weighted by atomic mass is 16.1. The molecule has 0 aromatic rings. The fourth-order valence-electron chi connectivity index (χ4n) is 0.668. The molecular formula is C8H14N2O. The van der Waals surface area contributed by atoms with Gasteiger partial charge in [0.05, 0.1) is 12.1 Å². The Hall–Kier alpha value is -1.01. The number of primary amides is 1. The number of amides is 1. The molecule has 1 amide bonds. The van der Waals surface area contributed by atoms with Crippen LogP contribution in [0, 0.1) is 12.3 Å². The average Bonchev–Trinajstić information content (AvgIpc) is 1.99. The summed E-state index contributed by atoms with van der Waals surface area (Å²) in [6.45, 7) is 3.65. The first-order valence-electron chi connectivity index (χ1n) is 3.63. The quantitative estimate of drug-likeness (QED) is 0.554. The molecular weight excluding hydrogens is 140 g/mol. The highest BCUT2D eigenvalue weighted by molar-refractivity contribution is 5.79. The van der Waals surface area contributed by atoms with E-state index in [2.05, 4.69) is 11.2 Å². The summed E-state index contributed by atoms with van der Waals surface area (Å²) in [6, 6.07) is -0.409. The van der Waals surface area contributed by atoms with E-state index in [0.29, 0.717) is 0 Å². The molecule has 0 bridgehead atoms. The molecule has 2 unspecified atom stereocenters. The molecule has 3 nitrogen and oxygen atoms in total. The summed E-state index contributed by atoms with van der Waals surface area (Å²) in [5.41, 5.74) is 5.02. The highest BCUT2D eigenvalue weighted by Crippen LogP contribution is 1.90. The first-order valence-corrected chi connectivity index (χ1v) is 3.63. The van der Waals surface area contributed by atoms with Crippen LogP contribution in [0.15, 0.2) is 0 Å². The molecule has 0 rings (SSSR count). The Labute approximate surface area is 67.3 Å². The SMILES string of the molecule is C#CC(CC)NC(C)C(N)=O. The van der Waals surface area contributed by atoms with Crippen LogP contribution in [0.2, 0.25) is 0 Å². The van der Waals surface area contributed by atoms with Crippen LogP contribution in [0.5, 0.6) is 0 Å². The lowest BCUT2D eigenvalue weighted by Gasteiger charge is -2.14. The topological polar surface area (TPSA) is 55.1 Å². The average molecular weight is 154 g/mol. The van der Waals surface area contributed by atoms with Crippen LogP contribution in [-0.4, -0.2) is 18.0 Å². The van der Waals surface area contributed by atoms with Crippen molar-refractivity contribution in [3.05, 3.63) is 0 Å². The van der Waals surface area contributed by atoms with Crippen LogP contribution in [0.4, 0.5) is 0 Å². The molecule has 0 radical (unpaired) electrons. The smallest absolute Gasteiger partial charge is 0.234 e. The maximum absolute atomic E-state index is 10.6. The lowest BCUT2D eigenvalue weighted by atomic mass is 10.2. The van der Waals surface area contributed by atoms with Gasteiger partial charge in [0.25, 0.3) is 0 Å². The minimum absolute atomic E-state index is 0.0579. The van der Waals surface area contributed by atoms with Crippen molar-refractivity contribution in [1.29, 1.82) is 0 Å². The van der Waals surface area contributed by atoms with Crippen molar-refractivity contribution in [3.8, 4) is 12.3 Å². The molecule has 2 atom stereocenters. The van der Waals surface area contributed by atoms with Crippen molar-refractivity contribution in [2.75, 3.05) is 0 Å². The third-order valence-electron chi connectivity index (χ3n) is 1.49. The molecule has 0 heterocycles. The van der Waals surface area contributed by atoms with Gasteiger partial charge < -0.3 is 5.73 Å². The molecule has 0 aliphatic rings. The standard InChI is InChI=1S/C8H14N2O/c1-4-7(5-2)10-6(3)8(9)11/h1,6-7,10H,5H2,2-3H3,(H2,9,11). The third-order valence-corrected chi connectivity index (χ3v) is 1.49. The number of carbonyl (C=O) groups excluding carboxylic acids is 1. The lowest BCUT2D eigenvalue weighted by molar-refractivity contribution is -0.119. The minimum atomic E-state index is -0.376. The van der Waals surface area contributed by atoms with Gasteiger partial charge in [0, 0.05) is 0 Å². The van der Waals surface area contributed by atoms with Gasteiger partial charge in [-0.2, -0.15) is 0 Å². The van der Waals surface area contributed by atoms with Crippen LogP contribution in [-0.2, 0) is 4.79 Å². The van der Waals surface area contributed by atoms with Crippen LogP contribution >= 0.6 is 0 Å². The van der Waals surface area contributed by atoms with Crippen LogP contribution < -0.4 is 11.1 Å². The van der Waals surface area contributed by atoms with Gasteiger partial charge in [-0.15, -0.1) is 6.42 Å². The number of carbonyl (C=O) groups is 1. The van der Waals surface area contributed by atoms with E-state index in [4.69, 9.17) is 12.2 Å². The van der Waals surface area contributed by atoms with Gasteiger partial charge >= 0.3 is 0 Å². The Kier molecular flexibility index (Phi) is 4.32. The van der Waals surface area contributed by atoms with E-state index >= 15 is 0 Å². The van der Waals surface area contributed by atoms with Crippen molar-refractivity contribution >= 4 is 5.91 Å². The molecule has 0 aromatic heterocycles. The maximum atomic E-state index is 10.6. The molecule has 11 heavy (non-hydrogen) atoms. The van der Waals surface area contributed by atoms with Gasteiger partial charge in [0.1, 0.15) is 0 Å². The molecule has 3 N–H and O–H groups in total. The normalized spacial score (nSPS) is 15.0. The molecule has 0 spiro atoms. The number of hydrogen-bond donors (Lipinski definition) is 2. The van der Waals surface area contributed by atoms with Crippen LogP contribution in [0.25, 0.3) is 0 Å². The summed E-state index contributed by atoms with van der Waals surface area (Å²) >= 11 is 0. The minimum Gasteiger partial charge on any atom is -0.368 e. The molecule has 62 valence electrons. The molecule has 0 aromatic carbocycles. The monoisotopic (exact) mass is 154 g/mol. The van der Waals surface area contributed by atoms with Crippen molar-refractivity contribution in [1.82, 2.24) is 5.32 Å². The Balaban J connectivity index is 3.83. The number of nitrogens with two attached hydrogens (primary N) is 1. The predicted octanol–water partition coefficient (Wildman–Crippen LogP) is -0.138. The number of hydrogen-bond acceptors (Lipinski definition) is 2. The summed E-state index contributed by atoms with van der Waals surface area (Å²) in [5, 5.41) is 2.91.